The van der Waals surface area contributed by atoms with Gasteiger partial charge in [-0.05, 0) is 12.1 Å². The summed E-state index contributed by atoms with van der Waals surface area (Å²) in [6, 6.07) is 3.37. The molecule has 98 valence electrons. The van der Waals surface area contributed by atoms with Gasteiger partial charge in [-0.25, -0.2) is 0 Å². The fraction of sp³-hybridized carbons (Fsp3) is 0.308. The average Bonchev–Trinajstić information content (AvgIpc) is 2.99. The smallest absolute Gasteiger partial charge is 0.231 e. The lowest BCUT2D eigenvalue weighted by molar-refractivity contribution is -0.313. The third-order valence-electron chi connectivity index (χ3n) is 3.40. The summed E-state index contributed by atoms with van der Waals surface area (Å²) < 4.78 is 5.41. The topological polar surface area (TPSA) is 91.3 Å². The van der Waals surface area contributed by atoms with E-state index < -0.39 is 30.0 Å². The Morgan fingerprint density at radius 1 is 1.26 bits per heavy atom. The van der Waals surface area contributed by atoms with Crippen LogP contribution in [-0.4, -0.2) is 29.1 Å². The number of aromatic nitrogens is 1. The van der Waals surface area contributed by atoms with Crippen molar-refractivity contribution in [1.29, 1.82) is 0 Å². The number of carboxylic acids is 1. The molecule has 1 aromatic heterocycles. The minimum Gasteiger partial charge on any atom is -0.550 e. The number of rotatable bonds is 3. The number of carbonyl (C=O) groups excluding carboxylic acids is 2. The van der Waals surface area contributed by atoms with Crippen LogP contribution in [0.1, 0.15) is 0 Å². The molecular weight excluding hydrogens is 248 g/mol. The molecule has 0 radical (unpaired) electrons. The van der Waals surface area contributed by atoms with Crippen molar-refractivity contribution in [3.05, 3.63) is 36.7 Å². The first kappa shape index (κ1) is 11.9. The predicted molar refractivity (Wildman–Crippen MR) is 62.7 cm³/mol. The lowest BCUT2D eigenvalue weighted by Gasteiger charge is -2.24. The van der Waals surface area contributed by atoms with Crippen LogP contribution in [0.3, 0.4) is 0 Å². The summed E-state index contributed by atoms with van der Waals surface area (Å²) in [6.07, 6.45) is 5.40. The zero-order chi connectivity index (χ0) is 13.4. The van der Waals surface area contributed by atoms with Gasteiger partial charge in [0.2, 0.25) is 5.91 Å². The number of anilines is 1. The van der Waals surface area contributed by atoms with Gasteiger partial charge in [0.15, 0.2) is 0 Å². The molecule has 4 atom stereocenters. The second-order valence-electron chi connectivity index (χ2n) is 4.55. The number of amides is 1. The highest BCUT2D eigenvalue weighted by Gasteiger charge is 2.50. The average molecular weight is 259 g/mol. The molecule has 0 aromatic carbocycles. The highest BCUT2D eigenvalue weighted by Crippen LogP contribution is 2.39. The van der Waals surface area contributed by atoms with Gasteiger partial charge >= 0.3 is 0 Å². The minimum atomic E-state index is -1.26. The van der Waals surface area contributed by atoms with E-state index in [4.69, 9.17) is 4.74 Å². The van der Waals surface area contributed by atoms with Crippen molar-refractivity contribution in [1.82, 2.24) is 4.98 Å². The lowest BCUT2D eigenvalue weighted by Crippen LogP contribution is -2.45. The summed E-state index contributed by atoms with van der Waals surface area (Å²) in [5.41, 5.74) is 0.524. The molecule has 1 N–H and O–H groups in total. The monoisotopic (exact) mass is 259 g/mol. The van der Waals surface area contributed by atoms with Gasteiger partial charge in [0.1, 0.15) is 0 Å². The highest BCUT2D eigenvalue weighted by atomic mass is 16.5. The van der Waals surface area contributed by atoms with Crippen LogP contribution in [0.5, 0.6) is 0 Å². The number of nitrogens with one attached hydrogen (secondary N) is 1. The number of carbonyl (C=O) groups is 2. The number of pyridine rings is 1. The van der Waals surface area contributed by atoms with E-state index in [1.165, 1.54) is 6.20 Å². The van der Waals surface area contributed by atoms with Crippen LogP contribution in [0, 0.1) is 11.8 Å². The molecule has 6 heteroatoms. The van der Waals surface area contributed by atoms with E-state index in [0.717, 1.165) is 0 Å². The summed E-state index contributed by atoms with van der Waals surface area (Å²) >= 11 is 0. The summed E-state index contributed by atoms with van der Waals surface area (Å²) in [4.78, 5) is 27.2. The SMILES string of the molecule is O=C([O-])[C@@H]1[C@@H](C(=O)Nc2cccnc2)[C@H]2C=C[C@@H]1O2. The Balaban J connectivity index is 1.79. The van der Waals surface area contributed by atoms with Gasteiger partial charge in [0, 0.05) is 18.1 Å². The Bertz CT molecular complexity index is 543. The summed E-state index contributed by atoms with van der Waals surface area (Å²) in [7, 11) is 0. The van der Waals surface area contributed by atoms with E-state index in [1.807, 2.05) is 0 Å². The number of aliphatic carboxylic acids is 1. The van der Waals surface area contributed by atoms with Crippen molar-refractivity contribution in [3.8, 4) is 0 Å². The minimum absolute atomic E-state index is 0.390. The molecule has 2 aliphatic rings. The molecule has 6 nitrogen and oxygen atoms in total. The molecule has 3 rings (SSSR count). The molecule has 1 amide bonds. The Hall–Kier alpha value is -2.21. The maximum Gasteiger partial charge on any atom is 0.231 e. The van der Waals surface area contributed by atoms with E-state index in [-0.39, 0.29) is 5.91 Å². The number of hydrogen-bond acceptors (Lipinski definition) is 5. The van der Waals surface area contributed by atoms with Crippen LogP contribution in [-0.2, 0) is 14.3 Å². The van der Waals surface area contributed by atoms with Crippen molar-refractivity contribution in [2.75, 3.05) is 5.32 Å². The van der Waals surface area contributed by atoms with Crippen molar-refractivity contribution in [3.63, 3.8) is 0 Å². The Labute approximate surface area is 109 Å². The molecule has 0 saturated carbocycles. The zero-order valence-corrected chi connectivity index (χ0v) is 9.85. The molecule has 19 heavy (non-hydrogen) atoms. The van der Waals surface area contributed by atoms with Gasteiger partial charge in [-0.15, -0.1) is 0 Å². The fourth-order valence-corrected chi connectivity index (χ4v) is 2.56. The summed E-state index contributed by atoms with van der Waals surface area (Å²) in [5.74, 6) is -3.35. The zero-order valence-electron chi connectivity index (χ0n) is 9.85. The lowest BCUT2D eigenvalue weighted by atomic mass is 9.82. The van der Waals surface area contributed by atoms with Gasteiger partial charge in [-0.1, -0.05) is 12.2 Å². The number of fused-ring (bicyclic) bond motifs is 2. The van der Waals surface area contributed by atoms with Crippen LogP contribution >= 0.6 is 0 Å². The van der Waals surface area contributed by atoms with Crippen molar-refractivity contribution < 1.29 is 19.4 Å². The van der Waals surface area contributed by atoms with Crippen molar-refractivity contribution >= 4 is 17.6 Å². The third-order valence-corrected chi connectivity index (χ3v) is 3.40. The van der Waals surface area contributed by atoms with E-state index in [9.17, 15) is 14.7 Å². The maximum atomic E-state index is 12.2. The maximum absolute atomic E-state index is 12.2. The predicted octanol–water partition coefficient (Wildman–Crippen LogP) is -0.660. The van der Waals surface area contributed by atoms with Gasteiger partial charge in [0.05, 0.1) is 30.0 Å². The Kier molecular flexibility index (Phi) is 2.79. The molecule has 3 heterocycles. The number of hydrogen-bond donors (Lipinski definition) is 1. The van der Waals surface area contributed by atoms with Crippen LogP contribution in [0.15, 0.2) is 36.7 Å². The highest BCUT2D eigenvalue weighted by molar-refractivity contribution is 5.96. The molecule has 0 unspecified atom stereocenters. The second-order valence-corrected chi connectivity index (χ2v) is 4.55. The number of carboxylic acid groups (broad SMARTS) is 1. The van der Waals surface area contributed by atoms with Crippen LogP contribution < -0.4 is 10.4 Å². The molecule has 2 bridgehead atoms. The molecule has 1 aromatic rings. The molecular formula is C13H11N2O4-. The standard InChI is InChI=1S/C13H12N2O4/c16-12(15-7-2-1-5-14-6-7)10-8-3-4-9(19-8)11(10)13(17)18/h1-6,8-11H,(H,15,16)(H,17,18)/p-1/t8-,9+,10+,11+/m1/s1. The third kappa shape index (κ3) is 2.00. The molecule has 0 spiro atoms. The summed E-state index contributed by atoms with van der Waals surface area (Å²) in [6.45, 7) is 0. The van der Waals surface area contributed by atoms with Gasteiger partial charge < -0.3 is 20.0 Å². The normalized spacial score (nSPS) is 31.4. The van der Waals surface area contributed by atoms with Gasteiger partial charge in [-0.2, -0.15) is 0 Å². The Morgan fingerprint density at radius 2 is 2.00 bits per heavy atom. The molecule has 1 fully saturated rings. The number of nitrogens with zero attached hydrogens (tertiary/aromatic N) is 1. The molecule has 1 saturated heterocycles. The van der Waals surface area contributed by atoms with Crippen LogP contribution in [0.4, 0.5) is 5.69 Å². The van der Waals surface area contributed by atoms with Crippen molar-refractivity contribution in [2.24, 2.45) is 11.8 Å². The largest absolute Gasteiger partial charge is 0.550 e. The second kappa shape index (κ2) is 4.47. The van der Waals surface area contributed by atoms with Crippen LogP contribution in [0.2, 0.25) is 0 Å². The van der Waals surface area contributed by atoms with Crippen LogP contribution in [0.25, 0.3) is 0 Å². The Morgan fingerprint density at radius 3 is 2.63 bits per heavy atom. The molecule has 0 aliphatic carbocycles. The van der Waals surface area contributed by atoms with E-state index >= 15 is 0 Å². The first-order chi connectivity index (χ1) is 9.16. The number of ether oxygens (including phenoxy) is 1. The van der Waals surface area contributed by atoms with Gasteiger partial charge in [0.25, 0.3) is 0 Å². The molecule has 2 aliphatic heterocycles. The first-order valence-electron chi connectivity index (χ1n) is 5.92. The van der Waals surface area contributed by atoms with Gasteiger partial charge in [-0.3, -0.25) is 9.78 Å². The fourth-order valence-electron chi connectivity index (χ4n) is 2.56. The first-order valence-corrected chi connectivity index (χ1v) is 5.92. The van der Waals surface area contributed by atoms with E-state index in [1.54, 1.807) is 30.5 Å². The van der Waals surface area contributed by atoms with E-state index in [0.29, 0.717) is 5.69 Å². The quantitative estimate of drug-likeness (QED) is 0.727. The summed E-state index contributed by atoms with van der Waals surface area (Å²) in [5, 5.41) is 13.8. The van der Waals surface area contributed by atoms with Crippen molar-refractivity contribution in [2.45, 2.75) is 12.2 Å². The van der Waals surface area contributed by atoms with E-state index in [2.05, 4.69) is 10.3 Å².